The molecule has 0 unspecified atom stereocenters. The molecule has 3 heterocycles. The molecule has 0 fully saturated rings. The number of aromatic nitrogens is 3. The fraction of sp³-hybridized carbons (Fsp3) is 0.312. The van der Waals surface area contributed by atoms with Crippen LogP contribution in [0.25, 0.3) is 4.96 Å². The average Bonchev–Trinajstić information content (AvgIpc) is 3.16. The molecule has 0 bridgehead atoms. The second kappa shape index (κ2) is 5.55. The summed E-state index contributed by atoms with van der Waals surface area (Å²) in [5.41, 5.74) is 0.521. The molecule has 0 aliphatic carbocycles. The van der Waals surface area contributed by atoms with Gasteiger partial charge in [0.05, 0.1) is 5.56 Å². The molecular weight excluding hydrogens is 353 g/mol. The number of anilines is 2. The van der Waals surface area contributed by atoms with Gasteiger partial charge in [0, 0.05) is 24.0 Å². The number of benzene rings is 1. The molecule has 1 aromatic carbocycles. The minimum Gasteiger partial charge on any atom is -0.316 e. The van der Waals surface area contributed by atoms with E-state index in [1.54, 1.807) is 11.0 Å². The SMILES string of the molecule is CCc1cc(=O)n2nc(N3CCc4c3cccc4C(F)(F)F)sc2n1. The van der Waals surface area contributed by atoms with Crippen LogP contribution < -0.4 is 10.5 Å². The highest BCUT2D eigenvalue weighted by Crippen LogP contribution is 2.42. The van der Waals surface area contributed by atoms with E-state index in [0.717, 1.165) is 6.07 Å². The lowest BCUT2D eigenvalue weighted by Gasteiger charge is -2.16. The maximum absolute atomic E-state index is 13.2. The average molecular weight is 366 g/mol. The Morgan fingerprint density at radius 3 is 2.84 bits per heavy atom. The first-order chi connectivity index (χ1) is 11.9. The fourth-order valence-corrected chi connectivity index (χ4v) is 4.00. The summed E-state index contributed by atoms with van der Waals surface area (Å²) in [4.78, 5) is 18.7. The predicted octanol–water partition coefficient (Wildman–Crippen LogP) is 3.43. The van der Waals surface area contributed by atoms with Gasteiger partial charge in [-0.25, -0.2) is 4.98 Å². The third-order valence-electron chi connectivity index (χ3n) is 4.21. The highest BCUT2D eigenvalue weighted by Gasteiger charge is 2.37. The first-order valence-electron chi connectivity index (χ1n) is 7.75. The largest absolute Gasteiger partial charge is 0.416 e. The van der Waals surface area contributed by atoms with Gasteiger partial charge in [0.25, 0.3) is 5.56 Å². The van der Waals surface area contributed by atoms with Gasteiger partial charge < -0.3 is 4.90 Å². The van der Waals surface area contributed by atoms with Crippen molar-refractivity contribution in [2.75, 3.05) is 11.4 Å². The Bertz CT molecular complexity index is 1020. The molecule has 0 radical (unpaired) electrons. The number of rotatable bonds is 2. The van der Waals surface area contributed by atoms with Crippen LogP contribution in [-0.2, 0) is 19.0 Å². The van der Waals surface area contributed by atoms with E-state index in [9.17, 15) is 18.0 Å². The van der Waals surface area contributed by atoms with E-state index in [1.807, 2.05) is 6.92 Å². The van der Waals surface area contributed by atoms with Crippen molar-refractivity contribution < 1.29 is 13.2 Å². The summed E-state index contributed by atoms with van der Waals surface area (Å²) in [5, 5.41) is 4.73. The van der Waals surface area contributed by atoms with Crippen molar-refractivity contribution in [2.24, 2.45) is 0 Å². The Balaban J connectivity index is 1.83. The number of halogens is 3. The lowest BCUT2D eigenvalue weighted by Crippen LogP contribution is -2.17. The molecule has 1 aliphatic rings. The Morgan fingerprint density at radius 2 is 2.12 bits per heavy atom. The zero-order valence-corrected chi connectivity index (χ0v) is 14.0. The summed E-state index contributed by atoms with van der Waals surface area (Å²) < 4.78 is 40.8. The summed E-state index contributed by atoms with van der Waals surface area (Å²) in [7, 11) is 0. The van der Waals surface area contributed by atoms with Gasteiger partial charge in [-0.05, 0) is 30.5 Å². The predicted molar refractivity (Wildman–Crippen MR) is 88.7 cm³/mol. The van der Waals surface area contributed by atoms with E-state index in [4.69, 9.17) is 0 Å². The number of alkyl halides is 3. The van der Waals surface area contributed by atoms with Gasteiger partial charge in [0.15, 0.2) is 0 Å². The zero-order chi connectivity index (χ0) is 17.8. The molecule has 1 aliphatic heterocycles. The molecule has 25 heavy (non-hydrogen) atoms. The van der Waals surface area contributed by atoms with Crippen LogP contribution >= 0.6 is 11.3 Å². The monoisotopic (exact) mass is 366 g/mol. The molecule has 9 heteroatoms. The van der Waals surface area contributed by atoms with E-state index < -0.39 is 11.7 Å². The molecule has 0 N–H and O–H groups in total. The van der Waals surface area contributed by atoms with Crippen LogP contribution in [0.15, 0.2) is 29.1 Å². The van der Waals surface area contributed by atoms with E-state index >= 15 is 0 Å². The van der Waals surface area contributed by atoms with E-state index in [0.29, 0.717) is 34.4 Å². The van der Waals surface area contributed by atoms with Crippen molar-refractivity contribution in [2.45, 2.75) is 25.9 Å². The summed E-state index contributed by atoms with van der Waals surface area (Å²) in [5.74, 6) is 0. The summed E-state index contributed by atoms with van der Waals surface area (Å²) >= 11 is 1.20. The molecule has 0 saturated carbocycles. The van der Waals surface area contributed by atoms with Gasteiger partial charge >= 0.3 is 6.18 Å². The van der Waals surface area contributed by atoms with Gasteiger partial charge in [-0.3, -0.25) is 4.79 Å². The van der Waals surface area contributed by atoms with Crippen molar-refractivity contribution in [3.8, 4) is 0 Å². The van der Waals surface area contributed by atoms with Crippen LogP contribution in [0.3, 0.4) is 0 Å². The van der Waals surface area contributed by atoms with Crippen LogP contribution in [-0.4, -0.2) is 21.1 Å². The minimum atomic E-state index is -4.39. The van der Waals surface area contributed by atoms with Gasteiger partial charge in [-0.15, -0.1) is 5.10 Å². The first kappa shape index (κ1) is 16.1. The molecule has 0 spiro atoms. The zero-order valence-electron chi connectivity index (χ0n) is 13.2. The maximum Gasteiger partial charge on any atom is 0.416 e. The van der Waals surface area contributed by atoms with Gasteiger partial charge in [-0.2, -0.15) is 17.7 Å². The number of fused-ring (bicyclic) bond motifs is 2. The normalized spacial score (nSPS) is 14.3. The van der Waals surface area contributed by atoms with Crippen molar-refractivity contribution in [1.29, 1.82) is 0 Å². The Kier molecular flexibility index (Phi) is 3.57. The Hall–Kier alpha value is -2.42. The molecule has 3 aromatic rings. The van der Waals surface area contributed by atoms with E-state index in [-0.39, 0.29) is 17.5 Å². The molecule has 5 nitrogen and oxygen atoms in total. The van der Waals surface area contributed by atoms with Crippen LogP contribution in [0.5, 0.6) is 0 Å². The molecule has 4 rings (SSSR count). The summed E-state index contributed by atoms with van der Waals surface area (Å²) in [6.07, 6.45) is -3.48. The van der Waals surface area contributed by atoms with Crippen LogP contribution in [0.4, 0.5) is 24.0 Å². The fourth-order valence-electron chi connectivity index (χ4n) is 3.03. The Morgan fingerprint density at radius 1 is 1.32 bits per heavy atom. The van der Waals surface area contributed by atoms with Crippen molar-refractivity contribution in [3.63, 3.8) is 0 Å². The quantitative estimate of drug-likeness (QED) is 0.697. The highest BCUT2D eigenvalue weighted by atomic mass is 32.1. The van der Waals surface area contributed by atoms with Crippen molar-refractivity contribution >= 4 is 27.1 Å². The minimum absolute atomic E-state index is 0.267. The third kappa shape index (κ3) is 2.58. The van der Waals surface area contributed by atoms with Crippen LogP contribution in [0.1, 0.15) is 23.7 Å². The summed E-state index contributed by atoms with van der Waals surface area (Å²) in [6, 6.07) is 5.57. The van der Waals surface area contributed by atoms with Crippen LogP contribution in [0, 0.1) is 0 Å². The van der Waals surface area contributed by atoms with Crippen LogP contribution in [0.2, 0.25) is 0 Å². The van der Waals surface area contributed by atoms with E-state index in [2.05, 4.69) is 10.1 Å². The number of hydrogen-bond acceptors (Lipinski definition) is 5. The molecule has 0 atom stereocenters. The maximum atomic E-state index is 13.2. The molecule has 2 aromatic heterocycles. The van der Waals surface area contributed by atoms with Gasteiger partial charge in [-0.1, -0.05) is 24.3 Å². The summed E-state index contributed by atoms with van der Waals surface area (Å²) in [6.45, 7) is 2.28. The number of nitrogens with zero attached hydrogens (tertiary/aromatic N) is 4. The molecule has 130 valence electrons. The molecular formula is C16H13F3N4OS. The third-order valence-corrected chi connectivity index (χ3v) is 5.14. The second-order valence-electron chi connectivity index (χ2n) is 5.72. The van der Waals surface area contributed by atoms with Crippen molar-refractivity contribution in [1.82, 2.24) is 14.6 Å². The highest BCUT2D eigenvalue weighted by molar-refractivity contribution is 7.20. The van der Waals surface area contributed by atoms with Gasteiger partial charge in [0.2, 0.25) is 10.1 Å². The van der Waals surface area contributed by atoms with Crippen molar-refractivity contribution in [3.05, 3.63) is 51.4 Å². The Labute approximate surface area is 144 Å². The first-order valence-corrected chi connectivity index (χ1v) is 8.56. The second-order valence-corrected chi connectivity index (χ2v) is 6.66. The van der Waals surface area contributed by atoms with Gasteiger partial charge in [0.1, 0.15) is 0 Å². The topological polar surface area (TPSA) is 50.5 Å². The molecule has 0 saturated heterocycles. The lowest BCUT2D eigenvalue weighted by molar-refractivity contribution is -0.138. The molecule has 0 amide bonds. The number of hydrogen-bond donors (Lipinski definition) is 0. The van der Waals surface area contributed by atoms with E-state index in [1.165, 1.54) is 28.0 Å². The number of aryl methyl sites for hydroxylation is 1. The standard InChI is InChI=1S/C16H13F3N4OS/c1-2-9-8-13(24)23-14(20-9)25-15(21-23)22-7-6-10-11(16(17,18)19)4-3-5-12(10)22/h3-5,8H,2,6-7H2,1H3. The lowest BCUT2D eigenvalue weighted by atomic mass is 10.0. The smallest absolute Gasteiger partial charge is 0.316 e.